The van der Waals surface area contributed by atoms with Gasteiger partial charge in [-0.1, -0.05) is 42.5 Å². The molecule has 0 fully saturated rings. The van der Waals surface area contributed by atoms with E-state index in [-0.39, 0.29) is 24.3 Å². The van der Waals surface area contributed by atoms with Crippen LogP contribution in [0.1, 0.15) is 35.2 Å². The number of aliphatic hydroxyl groups is 1. The van der Waals surface area contributed by atoms with Gasteiger partial charge in [0, 0.05) is 30.3 Å². The molecule has 0 bridgehead atoms. The van der Waals surface area contributed by atoms with Gasteiger partial charge >= 0.3 is 6.03 Å². The summed E-state index contributed by atoms with van der Waals surface area (Å²) in [6, 6.07) is 16.2. The molecule has 0 aliphatic rings. The predicted molar refractivity (Wildman–Crippen MR) is 94.4 cm³/mol. The molecule has 2 aromatic rings. The van der Waals surface area contributed by atoms with E-state index in [9.17, 15) is 14.7 Å². The van der Waals surface area contributed by atoms with Crippen LogP contribution in [0.4, 0.5) is 10.5 Å². The molecule has 0 aromatic heterocycles. The van der Waals surface area contributed by atoms with Crippen molar-refractivity contribution < 1.29 is 14.7 Å². The Hall–Kier alpha value is -2.66. The highest BCUT2D eigenvalue weighted by molar-refractivity contribution is 5.96. The number of ketones is 1. The molecule has 2 aromatic carbocycles. The van der Waals surface area contributed by atoms with Crippen molar-refractivity contribution in [1.29, 1.82) is 0 Å². The molecule has 2 rings (SSSR count). The molecular formula is C19H22N2O3. The lowest BCUT2D eigenvalue weighted by atomic mass is 9.96. The molecule has 126 valence electrons. The number of Topliss-reactive ketones (excluding diaryl/α,β-unsaturated/α-hetero) is 1. The molecule has 0 radical (unpaired) electrons. The molecule has 0 saturated heterocycles. The van der Waals surface area contributed by atoms with Crippen LogP contribution < -0.4 is 10.6 Å². The summed E-state index contributed by atoms with van der Waals surface area (Å²) in [5.74, 6) is -0.00310. The highest BCUT2D eigenvalue weighted by atomic mass is 16.3. The first-order chi connectivity index (χ1) is 11.6. The third kappa shape index (κ3) is 5.21. The van der Waals surface area contributed by atoms with Crippen molar-refractivity contribution in [3.8, 4) is 0 Å². The van der Waals surface area contributed by atoms with E-state index in [0.29, 0.717) is 24.2 Å². The second-order valence-electron chi connectivity index (χ2n) is 5.59. The van der Waals surface area contributed by atoms with Gasteiger partial charge in [-0.2, -0.15) is 0 Å². The van der Waals surface area contributed by atoms with Crippen molar-refractivity contribution in [3.05, 3.63) is 65.7 Å². The zero-order valence-electron chi connectivity index (χ0n) is 13.7. The van der Waals surface area contributed by atoms with Gasteiger partial charge in [-0.3, -0.25) is 4.79 Å². The minimum Gasteiger partial charge on any atom is -0.396 e. The van der Waals surface area contributed by atoms with Gasteiger partial charge in [0.15, 0.2) is 5.78 Å². The lowest BCUT2D eigenvalue weighted by Gasteiger charge is -2.17. The van der Waals surface area contributed by atoms with Gasteiger partial charge in [-0.25, -0.2) is 4.79 Å². The maximum Gasteiger partial charge on any atom is 0.319 e. The zero-order valence-corrected chi connectivity index (χ0v) is 13.7. The van der Waals surface area contributed by atoms with Crippen LogP contribution in [0.25, 0.3) is 0 Å². The van der Waals surface area contributed by atoms with Crippen molar-refractivity contribution in [2.75, 3.05) is 18.5 Å². The van der Waals surface area contributed by atoms with Crippen LogP contribution >= 0.6 is 0 Å². The molecule has 5 nitrogen and oxygen atoms in total. The molecule has 0 heterocycles. The Morgan fingerprint density at radius 2 is 1.83 bits per heavy atom. The third-order valence-electron chi connectivity index (χ3n) is 3.78. The molecule has 0 unspecified atom stereocenters. The molecular weight excluding hydrogens is 304 g/mol. The maximum atomic E-state index is 12.1. The number of carbonyl (C=O) groups excluding carboxylic acids is 2. The summed E-state index contributed by atoms with van der Waals surface area (Å²) < 4.78 is 0. The summed E-state index contributed by atoms with van der Waals surface area (Å²) in [5.41, 5.74) is 2.19. The topological polar surface area (TPSA) is 78.4 Å². The van der Waals surface area contributed by atoms with Crippen LogP contribution in [-0.2, 0) is 0 Å². The first-order valence-electron chi connectivity index (χ1n) is 7.92. The standard InChI is InChI=1S/C19H22N2O3/c1-14(23)16-8-5-9-18(12-16)21-19(24)20-13-17(10-11-22)15-6-3-2-4-7-15/h2-9,12,17,22H,10-11,13H2,1H3,(H2,20,21,24)/t17-/m1/s1. The highest BCUT2D eigenvalue weighted by Gasteiger charge is 2.12. The molecule has 2 amide bonds. The summed E-state index contributed by atoms with van der Waals surface area (Å²) in [5, 5.41) is 14.8. The molecule has 5 heteroatoms. The van der Waals surface area contributed by atoms with Gasteiger partial charge in [-0.05, 0) is 31.0 Å². The van der Waals surface area contributed by atoms with E-state index in [1.54, 1.807) is 24.3 Å². The van der Waals surface area contributed by atoms with Gasteiger partial charge in [0.1, 0.15) is 0 Å². The molecule has 0 aliphatic heterocycles. The monoisotopic (exact) mass is 326 g/mol. The molecule has 3 N–H and O–H groups in total. The Kier molecular flexibility index (Phi) is 6.51. The molecule has 0 aliphatic carbocycles. The molecule has 0 spiro atoms. The quantitative estimate of drug-likeness (QED) is 0.684. The minimum absolute atomic E-state index is 0.0468. The van der Waals surface area contributed by atoms with E-state index in [0.717, 1.165) is 5.56 Å². The Morgan fingerprint density at radius 3 is 2.50 bits per heavy atom. The summed E-state index contributed by atoms with van der Waals surface area (Å²) in [6.45, 7) is 1.96. The van der Waals surface area contributed by atoms with E-state index in [1.807, 2.05) is 30.3 Å². The van der Waals surface area contributed by atoms with Gasteiger partial charge in [0.2, 0.25) is 0 Å². The predicted octanol–water partition coefficient (Wildman–Crippen LogP) is 3.18. The number of hydrogen-bond donors (Lipinski definition) is 3. The van der Waals surface area contributed by atoms with Crippen molar-refractivity contribution >= 4 is 17.5 Å². The first kappa shape index (κ1) is 17.7. The Labute approximate surface area is 141 Å². The van der Waals surface area contributed by atoms with E-state index in [4.69, 9.17) is 0 Å². The highest BCUT2D eigenvalue weighted by Crippen LogP contribution is 2.18. The van der Waals surface area contributed by atoms with Crippen LogP contribution in [0, 0.1) is 0 Å². The van der Waals surface area contributed by atoms with Crippen LogP contribution in [0.3, 0.4) is 0 Å². The second-order valence-corrected chi connectivity index (χ2v) is 5.59. The summed E-state index contributed by atoms with van der Waals surface area (Å²) in [4.78, 5) is 23.4. The smallest absolute Gasteiger partial charge is 0.319 e. The number of nitrogens with one attached hydrogen (secondary N) is 2. The summed E-state index contributed by atoms with van der Waals surface area (Å²) in [7, 11) is 0. The van der Waals surface area contributed by atoms with Crippen LogP contribution in [0.2, 0.25) is 0 Å². The number of hydrogen-bond acceptors (Lipinski definition) is 3. The number of carbonyl (C=O) groups is 2. The number of benzene rings is 2. The van der Waals surface area contributed by atoms with Crippen molar-refractivity contribution in [3.63, 3.8) is 0 Å². The average Bonchev–Trinajstić information content (AvgIpc) is 2.59. The minimum atomic E-state index is -0.338. The average molecular weight is 326 g/mol. The van der Waals surface area contributed by atoms with Crippen LogP contribution in [0.15, 0.2) is 54.6 Å². The van der Waals surface area contributed by atoms with Gasteiger partial charge in [0.05, 0.1) is 0 Å². The van der Waals surface area contributed by atoms with E-state index in [2.05, 4.69) is 10.6 Å². The Balaban J connectivity index is 1.94. The SMILES string of the molecule is CC(=O)c1cccc(NC(=O)NC[C@@H](CCO)c2ccccc2)c1. The second kappa shape index (κ2) is 8.84. The largest absolute Gasteiger partial charge is 0.396 e. The Morgan fingerprint density at radius 1 is 1.08 bits per heavy atom. The van der Waals surface area contributed by atoms with Gasteiger partial charge < -0.3 is 15.7 Å². The van der Waals surface area contributed by atoms with Crippen molar-refractivity contribution in [1.82, 2.24) is 5.32 Å². The number of rotatable bonds is 7. The first-order valence-corrected chi connectivity index (χ1v) is 7.92. The fraction of sp³-hybridized carbons (Fsp3) is 0.263. The maximum absolute atomic E-state index is 12.1. The summed E-state index contributed by atoms with van der Waals surface area (Å²) in [6.07, 6.45) is 0.574. The van der Waals surface area contributed by atoms with E-state index < -0.39 is 0 Å². The molecule has 1 atom stereocenters. The van der Waals surface area contributed by atoms with Crippen LogP contribution in [-0.4, -0.2) is 30.1 Å². The molecule has 24 heavy (non-hydrogen) atoms. The van der Waals surface area contributed by atoms with Gasteiger partial charge in [-0.15, -0.1) is 0 Å². The molecule has 0 saturated carbocycles. The van der Waals surface area contributed by atoms with Crippen molar-refractivity contribution in [2.24, 2.45) is 0 Å². The number of urea groups is 1. The van der Waals surface area contributed by atoms with E-state index >= 15 is 0 Å². The third-order valence-corrected chi connectivity index (χ3v) is 3.78. The lowest BCUT2D eigenvalue weighted by Crippen LogP contribution is -2.32. The fourth-order valence-electron chi connectivity index (χ4n) is 2.47. The van der Waals surface area contributed by atoms with Gasteiger partial charge in [0.25, 0.3) is 0 Å². The number of aliphatic hydroxyl groups excluding tert-OH is 1. The van der Waals surface area contributed by atoms with Crippen molar-refractivity contribution in [2.45, 2.75) is 19.3 Å². The van der Waals surface area contributed by atoms with E-state index in [1.165, 1.54) is 6.92 Å². The summed E-state index contributed by atoms with van der Waals surface area (Å²) >= 11 is 0. The number of anilines is 1. The fourth-order valence-corrected chi connectivity index (χ4v) is 2.47. The Bertz CT molecular complexity index is 686. The number of amides is 2. The zero-order chi connectivity index (χ0) is 17.4. The lowest BCUT2D eigenvalue weighted by molar-refractivity contribution is 0.101. The van der Waals surface area contributed by atoms with Crippen LogP contribution in [0.5, 0.6) is 0 Å². The normalized spacial score (nSPS) is 11.6.